The van der Waals surface area contributed by atoms with Crippen molar-refractivity contribution in [2.24, 2.45) is 0 Å². The van der Waals surface area contributed by atoms with Crippen LogP contribution in [0.5, 0.6) is 5.75 Å². The number of ether oxygens (including phenoxy) is 2. The lowest BCUT2D eigenvalue weighted by molar-refractivity contribution is -0.123. The van der Waals surface area contributed by atoms with Crippen molar-refractivity contribution in [3.63, 3.8) is 0 Å². The number of halogens is 1. The molecule has 0 aliphatic carbocycles. The van der Waals surface area contributed by atoms with E-state index in [1.165, 1.54) is 24.3 Å². The summed E-state index contributed by atoms with van der Waals surface area (Å²) in [5.74, 6) is -1.30. The number of sulfonamides is 1. The smallest absolute Gasteiger partial charge is 0.339 e. The number of para-hydroxylation sites is 1. The second kappa shape index (κ2) is 8.65. The summed E-state index contributed by atoms with van der Waals surface area (Å²) in [7, 11) is -3.06. The molecule has 138 valence electrons. The summed E-state index contributed by atoms with van der Waals surface area (Å²) >= 11 is 5.89. The Balaban J connectivity index is 2.01. The normalized spacial score (nSPS) is 10.8. The molecule has 0 fully saturated rings. The molecule has 2 rings (SSSR count). The minimum atomic E-state index is -4.20. The van der Waals surface area contributed by atoms with Crippen LogP contribution >= 0.6 is 11.6 Å². The van der Waals surface area contributed by atoms with E-state index in [1.807, 2.05) is 10.3 Å². The Kier molecular flexibility index (Phi) is 6.56. The van der Waals surface area contributed by atoms with Gasteiger partial charge >= 0.3 is 5.97 Å². The van der Waals surface area contributed by atoms with E-state index in [9.17, 15) is 18.0 Å². The number of hydrogen-bond acceptors (Lipinski definition) is 6. The lowest BCUT2D eigenvalue weighted by atomic mass is 10.2. The first-order valence-corrected chi connectivity index (χ1v) is 9.06. The summed E-state index contributed by atoms with van der Waals surface area (Å²) in [6.45, 7) is -0.467. The van der Waals surface area contributed by atoms with Gasteiger partial charge < -0.3 is 9.47 Å². The summed E-state index contributed by atoms with van der Waals surface area (Å²) in [5, 5.41) is 0.313. The van der Waals surface area contributed by atoms with Gasteiger partial charge in [0.05, 0.1) is 22.6 Å². The molecule has 0 atom stereocenters. The van der Waals surface area contributed by atoms with E-state index in [0.717, 1.165) is 7.11 Å². The topological polar surface area (TPSA) is 111 Å². The molecule has 0 saturated carbocycles. The Hall–Kier alpha value is -2.62. The molecule has 2 N–H and O–H groups in total. The number of carbonyl (C=O) groups is 2. The maximum Gasteiger partial charge on any atom is 0.339 e. The van der Waals surface area contributed by atoms with Crippen LogP contribution in [0.4, 0.5) is 0 Å². The number of nitrogens with one attached hydrogen (secondary N) is 2. The molecule has 10 heteroatoms. The minimum Gasteiger partial charge on any atom is -0.482 e. The standard InChI is InChI=1S/C16H15ClN2O6S/c1-24-16(21)11-6-2-5-9-14(11)26(22,23)19-18-15(20)10-25-13-8-4-3-7-12(13)17/h2-9,19H,10H2,1H3,(H,18,20). The fourth-order valence-electron chi connectivity index (χ4n) is 1.90. The molecule has 0 spiro atoms. The predicted octanol–water partition coefficient (Wildman–Crippen LogP) is 1.52. The van der Waals surface area contributed by atoms with Gasteiger partial charge in [-0.15, -0.1) is 4.83 Å². The fraction of sp³-hybridized carbons (Fsp3) is 0.125. The maximum absolute atomic E-state index is 12.3. The quantitative estimate of drug-likeness (QED) is 0.540. The Labute approximate surface area is 155 Å². The first-order chi connectivity index (χ1) is 12.3. The van der Waals surface area contributed by atoms with E-state index in [2.05, 4.69) is 4.74 Å². The summed E-state index contributed by atoms with van der Waals surface area (Å²) in [5.41, 5.74) is 1.84. The zero-order valence-corrected chi connectivity index (χ0v) is 15.1. The van der Waals surface area contributed by atoms with Crippen molar-refractivity contribution < 1.29 is 27.5 Å². The van der Waals surface area contributed by atoms with Crippen molar-refractivity contribution >= 4 is 33.5 Å². The molecule has 0 aliphatic rings. The summed E-state index contributed by atoms with van der Waals surface area (Å²) < 4.78 is 34.4. The maximum atomic E-state index is 12.3. The number of hydrazine groups is 1. The summed E-state index contributed by atoms with van der Waals surface area (Å²) in [6, 6.07) is 11.9. The highest BCUT2D eigenvalue weighted by Crippen LogP contribution is 2.22. The van der Waals surface area contributed by atoms with Crippen LogP contribution in [0.3, 0.4) is 0 Å². The number of hydrogen-bond donors (Lipinski definition) is 2. The third-order valence-electron chi connectivity index (χ3n) is 3.10. The third kappa shape index (κ3) is 4.94. The Morgan fingerprint density at radius 3 is 2.42 bits per heavy atom. The second-order valence-corrected chi connectivity index (χ2v) is 6.92. The molecular weight excluding hydrogens is 384 g/mol. The van der Waals surface area contributed by atoms with Crippen molar-refractivity contribution in [1.29, 1.82) is 0 Å². The van der Waals surface area contributed by atoms with E-state index in [4.69, 9.17) is 16.3 Å². The zero-order valence-electron chi connectivity index (χ0n) is 13.6. The summed E-state index contributed by atoms with van der Waals surface area (Å²) in [6.07, 6.45) is 0. The highest BCUT2D eigenvalue weighted by Gasteiger charge is 2.23. The lowest BCUT2D eigenvalue weighted by Gasteiger charge is -2.12. The van der Waals surface area contributed by atoms with Crippen molar-refractivity contribution in [2.75, 3.05) is 13.7 Å². The Morgan fingerprint density at radius 2 is 1.73 bits per heavy atom. The number of esters is 1. The van der Waals surface area contributed by atoms with Crippen LogP contribution in [0, 0.1) is 0 Å². The SMILES string of the molecule is COC(=O)c1ccccc1S(=O)(=O)NNC(=O)COc1ccccc1Cl. The van der Waals surface area contributed by atoms with Gasteiger partial charge in [-0.05, 0) is 24.3 Å². The van der Waals surface area contributed by atoms with Crippen molar-refractivity contribution in [1.82, 2.24) is 10.3 Å². The van der Waals surface area contributed by atoms with Gasteiger partial charge in [0.1, 0.15) is 5.75 Å². The monoisotopic (exact) mass is 398 g/mol. The number of benzene rings is 2. The molecular formula is C16H15ClN2O6S. The number of methoxy groups -OCH3 is 1. The van der Waals surface area contributed by atoms with Crippen LogP contribution in [-0.4, -0.2) is 34.0 Å². The molecule has 0 radical (unpaired) electrons. The first kappa shape index (κ1) is 19.7. The molecule has 0 saturated heterocycles. The summed E-state index contributed by atoms with van der Waals surface area (Å²) in [4.78, 5) is 25.0. The predicted molar refractivity (Wildman–Crippen MR) is 93.2 cm³/mol. The van der Waals surface area contributed by atoms with Gasteiger partial charge in [-0.25, -0.2) is 13.2 Å². The lowest BCUT2D eigenvalue weighted by Crippen LogP contribution is -2.44. The van der Waals surface area contributed by atoms with E-state index < -0.39 is 28.5 Å². The van der Waals surface area contributed by atoms with E-state index >= 15 is 0 Å². The largest absolute Gasteiger partial charge is 0.482 e. The fourth-order valence-corrected chi connectivity index (χ4v) is 3.15. The highest BCUT2D eigenvalue weighted by atomic mass is 35.5. The Morgan fingerprint density at radius 1 is 1.08 bits per heavy atom. The van der Waals surface area contributed by atoms with Crippen LogP contribution in [0.1, 0.15) is 10.4 Å². The second-order valence-electron chi connectivity index (χ2n) is 4.86. The molecule has 8 nitrogen and oxygen atoms in total. The number of rotatable bonds is 7. The van der Waals surface area contributed by atoms with Gasteiger partial charge in [-0.2, -0.15) is 0 Å². The number of carbonyl (C=O) groups excluding carboxylic acids is 2. The van der Waals surface area contributed by atoms with E-state index in [1.54, 1.807) is 24.3 Å². The third-order valence-corrected chi connectivity index (χ3v) is 4.72. The van der Waals surface area contributed by atoms with E-state index in [-0.39, 0.29) is 16.2 Å². The molecule has 0 heterocycles. The van der Waals surface area contributed by atoms with Crippen LogP contribution in [0.25, 0.3) is 0 Å². The molecule has 0 aliphatic heterocycles. The molecule has 26 heavy (non-hydrogen) atoms. The van der Waals surface area contributed by atoms with E-state index in [0.29, 0.717) is 5.02 Å². The van der Waals surface area contributed by atoms with Crippen molar-refractivity contribution in [3.8, 4) is 5.75 Å². The molecule has 0 bridgehead atoms. The van der Waals surface area contributed by atoms with Gasteiger partial charge in [0.25, 0.3) is 15.9 Å². The van der Waals surface area contributed by atoms with Crippen molar-refractivity contribution in [2.45, 2.75) is 4.90 Å². The average molecular weight is 399 g/mol. The van der Waals surface area contributed by atoms with Gasteiger partial charge in [0.2, 0.25) is 0 Å². The van der Waals surface area contributed by atoms with Crippen LogP contribution in [0.15, 0.2) is 53.4 Å². The van der Waals surface area contributed by atoms with Crippen LogP contribution < -0.4 is 15.0 Å². The molecule has 0 aromatic heterocycles. The Bertz CT molecular complexity index is 916. The van der Waals surface area contributed by atoms with Gasteiger partial charge in [-0.1, -0.05) is 35.9 Å². The molecule has 1 amide bonds. The zero-order chi connectivity index (χ0) is 19.2. The van der Waals surface area contributed by atoms with Gasteiger partial charge in [0.15, 0.2) is 6.61 Å². The average Bonchev–Trinajstić information content (AvgIpc) is 2.65. The minimum absolute atomic E-state index is 0.163. The van der Waals surface area contributed by atoms with Crippen LogP contribution in [0.2, 0.25) is 5.02 Å². The number of amides is 1. The molecule has 0 unspecified atom stereocenters. The highest BCUT2D eigenvalue weighted by molar-refractivity contribution is 7.89. The molecule has 2 aromatic rings. The van der Waals surface area contributed by atoms with Crippen molar-refractivity contribution in [3.05, 3.63) is 59.1 Å². The first-order valence-electron chi connectivity index (χ1n) is 7.20. The van der Waals surface area contributed by atoms with Gasteiger partial charge in [-0.3, -0.25) is 10.2 Å². The van der Waals surface area contributed by atoms with Gasteiger partial charge in [0, 0.05) is 0 Å². The molecule has 2 aromatic carbocycles. The van der Waals surface area contributed by atoms with Crippen LogP contribution in [-0.2, 0) is 19.6 Å².